The summed E-state index contributed by atoms with van der Waals surface area (Å²) in [6.45, 7) is 24.2. The van der Waals surface area contributed by atoms with Crippen LogP contribution in [0.3, 0.4) is 0 Å². The van der Waals surface area contributed by atoms with Gasteiger partial charge in [0.25, 0.3) is 0 Å². The lowest BCUT2D eigenvalue weighted by atomic mass is 9.93. The smallest absolute Gasteiger partial charge is 0.129 e. The second-order valence-electron chi connectivity index (χ2n) is 11.1. The topological polar surface area (TPSA) is 6.48 Å². The molecule has 0 fully saturated rings. The maximum absolute atomic E-state index is 6.40. The molecule has 0 N–H and O–H groups in total. The summed E-state index contributed by atoms with van der Waals surface area (Å²) in [4.78, 5) is 5.53. The van der Waals surface area contributed by atoms with Gasteiger partial charge in [-0.15, -0.1) is 0 Å². The highest BCUT2D eigenvalue weighted by molar-refractivity contribution is 7.21. The Hall–Kier alpha value is -2.46. The van der Waals surface area contributed by atoms with E-state index in [0.29, 0.717) is 11.8 Å². The number of allylic oxidation sites excluding steroid dienone is 9. The van der Waals surface area contributed by atoms with Crippen molar-refractivity contribution < 1.29 is 0 Å². The summed E-state index contributed by atoms with van der Waals surface area (Å²) in [5, 5.41) is 0. The van der Waals surface area contributed by atoms with E-state index < -0.39 is 0 Å². The molecular weight excluding hydrogens is 455 g/mol. The fourth-order valence-corrected chi connectivity index (χ4v) is 5.38. The van der Waals surface area contributed by atoms with E-state index in [0.717, 1.165) is 45.9 Å². The molecule has 36 heavy (non-hydrogen) atoms. The Morgan fingerprint density at radius 1 is 1.14 bits per heavy atom. The molecule has 1 aliphatic heterocycles. The van der Waals surface area contributed by atoms with Gasteiger partial charge in [0.2, 0.25) is 0 Å². The van der Waals surface area contributed by atoms with Gasteiger partial charge in [0.05, 0.1) is 11.4 Å². The van der Waals surface area contributed by atoms with Crippen LogP contribution in [-0.2, 0) is 6.42 Å². The van der Waals surface area contributed by atoms with E-state index in [4.69, 9.17) is 7.85 Å². The van der Waals surface area contributed by atoms with Crippen molar-refractivity contribution in [2.24, 2.45) is 11.8 Å². The summed E-state index contributed by atoms with van der Waals surface area (Å²) >= 11 is 1.66. The highest BCUT2D eigenvalue weighted by Gasteiger charge is 2.24. The second-order valence-corrected chi connectivity index (χ2v) is 12.2. The van der Waals surface area contributed by atoms with Crippen LogP contribution in [0.1, 0.15) is 65.3 Å². The standard InChI is InChI=1S/C32H45BN2S/c1-13-25(23(8)16-26(22(6)7)14-20(2)3)17-30-29(34(10)11)19-28(24(9)35(30)12)31-18-27(15-21(4)5)32(33)36-31/h13,16-21H,1,9,14-15H2,2-8,10-12H3/b23-16+,25-17+. The van der Waals surface area contributed by atoms with Gasteiger partial charge in [-0.3, -0.25) is 0 Å². The summed E-state index contributed by atoms with van der Waals surface area (Å²) in [6.07, 6.45) is 10.8. The van der Waals surface area contributed by atoms with Crippen molar-refractivity contribution in [2.45, 2.75) is 61.3 Å². The van der Waals surface area contributed by atoms with E-state index in [1.807, 2.05) is 6.08 Å². The SMILES string of the molecule is [B]c1sc(C2=CC(N(C)C)=C(/C=C(C=C)/C(C)=C/C(CC(C)C)=C(C)C)N(C)C2=C)cc1CC(C)C. The Morgan fingerprint density at radius 2 is 1.78 bits per heavy atom. The van der Waals surface area contributed by atoms with Gasteiger partial charge in [0.15, 0.2) is 0 Å². The van der Waals surface area contributed by atoms with Crippen molar-refractivity contribution in [3.63, 3.8) is 0 Å². The van der Waals surface area contributed by atoms with Crippen molar-refractivity contribution in [1.29, 1.82) is 0 Å². The molecule has 0 saturated heterocycles. The zero-order valence-corrected chi connectivity index (χ0v) is 25.1. The average Bonchev–Trinajstić information content (AvgIpc) is 3.12. The molecule has 192 valence electrons. The molecule has 2 rings (SSSR count). The quantitative estimate of drug-likeness (QED) is 0.239. The zero-order chi connectivity index (χ0) is 27.3. The molecule has 0 atom stereocenters. The molecule has 0 aliphatic carbocycles. The minimum atomic E-state index is 0.566. The van der Waals surface area contributed by atoms with Gasteiger partial charge in [-0.1, -0.05) is 58.6 Å². The van der Waals surface area contributed by atoms with Crippen molar-refractivity contribution >= 4 is 29.5 Å². The number of rotatable bonds is 10. The third-order valence-electron chi connectivity index (χ3n) is 6.47. The molecule has 0 saturated carbocycles. The number of nitrogens with zero attached hydrogens (tertiary/aromatic N) is 2. The molecule has 0 amide bonds. The molecule has 2 heterocycles. The second kappa shape index (κ2) is 12.7. The third kappa shape index (κ3) is 7.29. The van der Waals surface area contributed by atoms with Crippen LogP contribution in [0.4, 0.5) is 0 Å². The van der Waals surface area contributed by atoms with Gasteiger partial charge < -0.3 is 9.80 Å². The maximum atomic E-state index is 6.40. The number of likely N-dealkylation sites (N-methyl/N-ethyl adjacent to an activating group) is 2. The van der Waals surface area contributed by atoms with Gasteiger partial charge in [-0.2, -0.15) is 11.3 Å². The highest BCUT2D eigenvalue weighted by Crippen LogP contribution is 2.37. The van der Waals surface area contributed by atoms with Crippen LogP contribution in [0, 0.1) is 11.8 Å². The maximum Gasteiger partial charge on any atom is 0.129 e. The van der Waals surface area contributed by atoms with Gasteiger partial charge in [-0.25, -0.2) is 0 Å². The fraction of sp³-hybridized carbons (Fsp3) is 0.438. The zero-order valence-electron chi connectivity index (χ0n) is 24.2. The minimum Gasteiger partial charge on any atom is -0.376 e. The van der Waals surface area contributed by atoms with Crippen LogP contribution in [0.25, 0.3) is 5.57 Å². The van der Waals surface area contributed by atoms with Gasteiger partial charge in [-0.05, 0) is 90.7 Å². The van der Waals surface area contributed by atoms with Crippen LogP contribution in [-0.4, -0.2) is 38.8 Å². The summed E-state index contributed by atoms with van der Waals surface area (Å²) in [5.41, 5.74) is 10.7. The van der Waals surface area contributed by atoms with Crippen LogP contribution >= 0.6 is 11.3 Å². The summed E-state index contributed by atoms with van der Waals surface area (Å²) in [6, 6.07) is 2.25. The molecule has 1 aromatic heterocycles. The van der Waals surface area contributed by atoms with Crippen LogP contribution in [0.5, 0.6) is 0 Å². The lowest BCUT2D eigenvalue weighted by Crippen LogP contribution is -2.26. The third-order valence-corrected chi connectivity index (χ3v) is 7.51. The molecule has 2 nitrogen and oxygen atoms in total. The first kappa shape index (κ1) is 29.8. The van der Waals surface area contributed by atoms with E-state index >= 15 is 0 Å². The lowest BCUT2D eigenvalue weighted by molar-refractivity contribution is 0.470. The molecule has 2 radical (unpaired) electrons. The first-order valence-electron chi connectivity index (χ1n) is 12.9. The number of hydrogen-bond acceptors (Lipinski definition) is 3. The van der Waals surface area contributed by atoms with Crippen molar-refractivity contribution in [3.8, 4) is 0 Å². The molecular formula is C32H45BN2S. The summed E-state index contributed by atoms with van der Waals surface area (Å²) in [5.74, 6) is 1.18. The Balaban J connectivity index is 2.63. The summed E-state index contributed by atoms with van der Waals surface area (Å²) in [7, 11) is 12.7. The van der Waals surface area contributed by atoms with E-state index in [9.17, 15) is 0 Å². The van der Waals surface area contributed by atoms with E-state index in [1.54, 1.807) is 11.3 Å². The molecule has 1 aromatic rings. The Bertz CT molecular complexity index is 1140. The Kier molecular flexibility index (Phi) is 10.5. The Labute approximate surface area is 226 Å². The highest BCUT2D eigenvalue weighted by atomic mass is 32.1. The van der Waals surface area contributed by atoms with Crippen molar-refractivity contribution in [1.82, 2.24) is 9.80 Å². The first-order chi connectivity index (χ1) is 16.8. The average molecular weight is 501 g/mol. The van der Waals surface area contributed by atoms with E-state index in [-0.39, 0.29) is 0 Å². The fourth-order valence-electron chi connectivity index (χ4n) is 4.38. The number of hydrogen-bond donors (Lipinski definition) is 0. The largest absolute Gasteiger partial charge is 0.376 e. The molecule has 0 aromatic carbocycles. The normalized spacial score (nSPS) is 15.2. The van der Waals surface area contributed by atoms with Gasteiger partial charge in [0, 0.05) is 37.3 Å². The Morgan fingerprint density at radius 3 is 2.28 bits per heavy atom. The predicted octanol–water partition coefficient (Wildman–Crippen LogP) is 7.80. The molecule has 0 unspecified atom stereocenters. The molecule has 0 spiro atoms. The minimum absolute atomic E-state index is 0.566. The number of thiophene rings is 1. The van der Waals surface area contributed by atoms with Crippen LogP contribution in [0.2, 0.25) is 0 Å². The van der Waals surface area contributed by atoms with E-state index in [1.165, 1.54) is 27.2 Å². The van der Waals surface area contributed by atoms with Crippen LogP contribution < -0.4 is 4.78 Å². The monoisotopic (exact) mass is 500 g/mol. The van der Waals surface area contributed by atoms with Crippen molar-refractivity contribution in [2.75, 3.05) is 21.1 Å². The molecule has 0 bridgehead atoms. The lowest BCUT2D eigenvalue weighted by Gasteiger charge is -2.33. The van der Waals surface area contributed by atoms with Crippen molar-refractivity contribution in [3.05, 3.63) is 93.4 Å². The van der Waals surface area contributed by atoms with Gasteiger partial charge in [0.1, 0.15) is 7.85 Å². The van der Waals surface area contributed by atoms with Gasteiger partial charge >= 0.3 is 0 Å². The van der Waals surface area contributed by atoms with Crippen LogP contribution in [0.15, 0.2) is 82.9 Å². The predicted molar refractivity (Wildman–Crippen MR) is 164 cm³/mol. The molecule has 4 heteroatoms. The first-order valence-corrected chi connectivity index (χ1v) is 13.7. The summed E-state index contributed by atoms with van der Waals surface area (Å²) < 4.78 is 0.905. The van der Waals surface area contributed by atoms with E-state index in [2.05, 4.69) is 117 Å². The molecule has 1 aliphatic rings.